The highest BCUT2D eigenvalue weighted by atomic mass is 31.0. The lowest BCUT2D eigenvalue weighted by molar-refractivity contribution is 2.00. The molecule has 0 aliphatic heterocycles. The molecule has 0 aliphatic rings. The first-order valence-corrected chi connectivity index (χ1v) is 2.73. The van der Waals surface area contributed by atoms with Crippen LogP contribution in [0.25, 0.3) is 0 Å². The van der Waals surface area contributed by atoms with E-state index in [1.807, 2.05) is 0 Å². The maximum absolute atomic E-state index is 3.19. The summed E-state index contributed by atoms with van der Waals surface area (Å²) in [6.07, 6.45) is 0. The molecule has 0 saturated carbocycles. The Morgan fingerprint density at radius 1 is 1.50 bits per heavy atom. The Morgan fingerprint density at radius 3 is 1.50 bits per heavy atom. The number of hydrogen-bond donors (Lipinski definition) is 0. The van der Waals surface area contributed by atoms with Crippen molar-refractivity contribution in [1.82, 2.24) is 0 Å². The van der Waals surface area contributed by atoms with Gasteiger partial charge in [-0.3, -0.25) is 0 Å². The van der Waals surface area contributed by atoms with E-state index in [9.17, 15) is 0 Å². The van der Waals surface area contributed by atoms with Gasteiger partial charge in [-0.05, 0) is 4.91 Å². The van der Waals surface area contributed by atoms with E-state index in [4.69, 9.17) is 0 Å². The van der Waals surface area contributed by atoms with Crippen molar-refractivity contribution in [3.8, 4) is 0 Å². The van der Waals surface area contributed by atoms with Gasteiger partial charge in [-0.2, -0.15) is 0 Å². The van der Waals surface area contributed by atoms with Crippen LogP contribution in [0.15, 0.2) is 0 Å². The van der Waals surface area contributed by atoms with Crippen LogP contribution >= 0.6 is 9.24 Å². The molecule has 0 aromatic carbocycles. The maximum atomic E-state index is 3.19. The molecular formula is CH3PSi2. The molecule has 0 amide bonds. The minimum Gasteiger partial charge on any atom is -0.141 e. The van der Waals surface area contributed by atoms with E-state index in [0.717, 1.165) is 0 Å². The standard InChI is InChI=1S/CH3PSi2/c2-1(3)4/h1H,2H2. The van der Waals surface area contributed by atoms with E-state index in [1.54, 1.807) is 0 Å². The summed E-state index contributed by atoms with van der Waals surface area (Å²) < 4.78 is 0. The van der Waals surface area contributed by atoms with Gasteiger partial charge in [0.05, 0.1) is 0 Å². The summed E-state index contributed by atoms with van der Waals surface area (Å²) in [6, 6.07) is 0. The summed E-state index contributed by atoms with van der Waals surface area (Å²) in [5, 5.41) is 0. The third-order valence-corrected chi connectivity index (χ3v) is 0. The molecule has 3 heteroatoms. The predicted octanol–water partition coefficient (Wildman–Crippen LogP) is -0.518. The van der Waals surface area contributed by atoms with Crippen LogP contribution in [0.5, 0.6) is 0 Å². The Hall–Kier alpha value is 0.864. The summed E-state index contributed by atoms with van der Waals surface area (Å²) >= 11 is 0. The second-order valence-corrected chi connectivity index (χ2v) is 4.30. The van der Waals surface area contributed by atoms with Gasteiger partial charge in [-0.25, -0.2) is 0 Å². The van der Waals surface area contributed by atoms with E-state index in [0.29, 0.717) is 4.91 Å². The van der Waals surface area contributed by atoms with Gasteiger partial charge < -0.3 is 0 Å². The Morgan fingerprint density at radius 2 is 1.50 bits per heavy atom. The van der Waals surface area contributed by atoms with E-state index in [-0.39, 0.29) is 0 Å². The molecule has 1 unspecified atom stereocenters. The molecule has 0 saturated heterocycles. The van der Waals surface area contributed by atoms with Crippen molar-refractivity contribution in [2.75, 3.05) is 0 Å². The average molecular weight is 102 g/mol. The molecule has 0 fully saturated rings. The van der Waals surface area contributed by atoms with Crippen molar-refractivity contribution < 1.29 is 0 Å². The van der Waals surface area contributed by atoms with Gasteiger partial charge in [-0.1, -0.05) is 0 Å². The average Bonchev–Trinajstić information content (AvgIpc) is 0.811. The van der Waals surface area contributed by atoms with Gasteiger partial charge in [0, 0.05) is 20.5 Å². The van der Waals surface area contributed by atoms with Crippen molar-refractivity contribution in [2.24, 2.45) is 0 Å². The molecule has 0 aliphatic carbocycles. The molecule has 20 valence electrons. The van der Waals surface area contributed by atoms with Crippen molar-refractivity contribution in [3.63, 3.8) is 0 Å². The lowest BCUT2D eigenvalue weighted by atomic mass is 11.8. The zero-order chi connectivity index (χ0) is 3.58. The lowest BCUT2D eigenvalue weighted by Gasteiger charge is -1.77. The van der Waals surface area contributed by atoms with Gasteiger partial charge in [0.2, 0.25) is 0 Å². The van der Waals surface area contributed by atoms with Gasteiger partial charge in [0.25, 0.3) is 0 Å². The summed E-state index contributed by atoms with van der Waals surface area (Å²) in [6.45, 7) is 0. The summed E-state index contributed by atoms with van der Waals surface area (Å²) in [4.78, 5) is 0.361. The van der Waals surface area contributed by atoms with E-state index < -0.39 is 0 Å². The second kappa shape index (κ2) is 2.12. The molecule has 0 N–H and O–H groups in total. The fraction of sp³-hybridized carbons (Fsp3) is 1.00. The highest BCUT2D eigenvalue weighted by Gasteiger charge is 1.70. The van der Waals surface area contributed by atoms with E-state index in [1.165, 1.54) is 0 Å². The van der Waals surface area contributed by atoms with Crippen LogP contribution in [0, 0.1) is 0 Å². The summed E-state index contributed by atoms with van der Waals surface area (Å²) in [5.41, 5.74) is 0. The predicted molar refractivity (Wildman–Crippen MR) is 25.0 cm³/mol. The summed E-state index contributed by atoms with van der Waals surface area (Å²) in [5.74, 6) is 0. The van der Waals surface area contributed by atoms with Gasteiger partial charge in [-0.15, -0.1) is 9.24 Å². The highest BCUT2D eigenvalue weighted by molar-refractivity contribution is 7.24. The van der Waals surface area contributed by atoms with Gasteiger partial charge in [0.1, 0.15) is 0 Å². The normalized spacial score (nSPS) is 9.00. The Labute approximate surface area is 35.4 Å². The largest absolute Gasteiger partial charge is 0.141 e. The fourth-order valence-corrected chi connectivity index (χ4v) is 0. The van der Waals surface area contributed by atoms with Crippen LogP contribution < -0.4 is 0 Å². The van der Waals surface area contributed by atoms with Crippen molar-refractivity contribution in [3.05, 3.63) is 0 Å². The molecule has 0 aromatic heterocycles. The Balaban J connectivity index is 2.32. The van der Waals surface area contributed by atoms with Crippen molar-refractivity contribution in [1.29, 1.82) is 0 Å². The highest BCUT2D eigenvalue weighted by Crippen LogP contribution is 1.79. The van der Waals surface area contributed by atoms with Crippen LogP contribution in [-0.2, 0) is 0 Å². The topological polar surface area (TPSA) is 0 Å². The zero-order valence-corrected chi connectivity index (χ0v) is 5.31. The molecule has 0 aromatic rings. The van der Waals surface area contributed by atoms with E-state index >= 15 is 0 Å². The first-order chi connectivity index (χ1) is 1.73. The molecule has 4 heavy (non-hydrogen) atoms. The monoisotopic (exact) mass is 102 g/mol. The Bertz CT molecular complexity index is 10.8. The van der Waals surface area contributed by atoms with Crippen molar-refractivity contribution >= 4 is 29.7 Å². The maximum Gasteiger partial charge on any atom is 0.0272 e. The lowest BCUT2D eigenvalue weighted by Crippen LogP contribution is -1.89. The molecule has 0 rings (SSSR count). The third-order valence-electron chi connectivity index (χ3n) is 0. The summed E-state index contributed by atoms with van der Waals surface area (Å²) in [7, 11) is 8.86. The van der Waals surface area contributed by atoms with Crippen molar-refractivity contribution in [2.45, 2.75) is 4.91 Å². The quantitative estimate of drug-likeness (QED) is 0.285. The number of rotatable bonds is 0. The Kier molecular flexibility index (Phi) is 2.58. The molecule has 1 atom stereocenters. The van der Waals surface area contributed by atoms with Gasteiger partial charge >= 0.3 is 0 Å². The SMILES string of the molecule is [Si]C([Si])P. The first-order valence-electron chi connectivity index (χ1n) is 0.911. The van der Waals surface area contributed by atoms with Gasteiger partial charge in [0.15, 0.2) is 0 Å². The second-order valence-electron chi connectivity index (χ2n) is 0.478. The zero-order valence-electron chi connectivity index (χ0n) is 2.15. The third kappa shape index (κ3) is 13.3. The molecule has 0 nitrogen and oxygen atoms in total. The molecule has 0 bridgehead atoms. The van der Waals surface area contributed by atoms with E-state index in [2.05, 4.69) is 29.7 Å². The van der Waals surface area contributed by atoms with Crippen LogP contribution in [0.1, 0.15) is 0 Å². The molecule has 6 radical (unpaired) electrons. The van der Waals surface area contributed by atoms with Crippen LogP contribution in [0.2, 0.25) is 0 Å². The fourth-order valence-electron chi connectivity index (χ4n) is 0. The van der Waals surface area contributed by atoms with Crippen LogP contribution in [0.4, 0.5) is 0 Å². The van der Waals surface area contributed by atoms with Crippen LogP contribution in [0.3, 0.4) is 0 Å². The number of hydrogen-bond acceptors (Lipinski definition) is 0. The minimum atomic E-state index is 0.361. The molecular weight excluding hydrogens is 99.2 g/mol. The molecule has 0 heterocycles. The molecule has 0 spiro atoms. The minimum absolute atomic E-state index is 0.361. The van der Waals surface area contributed by atoms with Crippen LogP contribution in [-0.4, -0.2) is 25.4 Å². The first kappa shape index (κ1) is 4.86. The smallest absolute Gasteiger partial charge is 0.0272 e.